The minimum Gasteiger partial charge on any atom is -0.496 e. The molecule has 1 aromatic rings. The third-order valence-corrected chi connectivity index (χ3v) is 4.30. The third kappa shape index (κ3) is 3.01. The normalized spacial score (nSPS) is 28.8. The zero-order valence-electron chi connectivity index (χ0n) is 12.2. The number of rotatable bonds is 4. The lowest BCUT2D eigenvalue weighted by atomic mass is 9.85. The van der Waals surface area contributed by atoms with Gasteiger partial charge in [-0.2, -0.15) is 0 Å². The van der Waals surface area contributed by atoms with Gasteiger partial charge in [0.15, 0.2) is 0 Å². The largest absolute Gasteiger partial charge is 0.496 e. The molecule has 0 amide bonds. The van der Waals surface area contributed by atoms with Gasteiger partial charge in [0.2, 0.25) is 0 Å². The highest BCUT2D eigenvalue weighted by Crippen LogP contribution is 2.32. The van der Waals surface area contributed by atoms with E-state index in [4.69, 9.17) is 14.2 Å². The summed E-state index contributed by atoms with van der Waals surface area (Å²) >= 11 is 0. The maximum atomic E-state index is 6.18. The summed E-state index contributed by atoms with van der Waals surface area (Å²) in [5.74, 6) is 2.38. The summed E-state index contributed by atoms with van der Waals surface area (Å²) in [7, 11) is 3.32. The highest BCUT2D eigenvalue weighted by atomic mass is 16.5. The average Bonchev–Trinajstić information content (AvgIpc) is 2.46. The minimum absolute atomic E-state index is 0.295. The van der Waals surface area contributed by atoms with Crippen LogP contribution in [0.1, 0.15) is 32.1 Å². The Labute approximate surface area is 120 Å². The molecule has 2 aliphatic rings. The number of piperidine rings is 2. The average molecular weight is 277 g/mol. The van der Waals surface area contributed by atoms with Crippen LogP contribution in [-0.2, 0) is 0 Å². The van der Waals surface area contributed by atoms with Crippen LogP contribution in [0.4, 0.5) is 0 Å². The number of hydrogen-bond acceptors (Lipinski definition) is 4. The minimum atomic E-state index is 0.295. The van der Waals surface area contributed by atoms with Crippen LogP contribution < -0.4 is 19.5 Å². The van der Waals surface area contributed by atoms with Gasteiger partial charge in [0.05, 0.1) is 14.2 Å². The molecule has 1 N–H and O–H groups in total. The summed E-state index contributed by atoms with van der Waals surface area (Å²) in [5, 5.41) is 3.68. The van der Waals surface area contributed by atoms with E-state index in [9.17, 15) is 0 Å². The van der Waals surface area contributed by atoms with Crippen molar-refractivity contribution in [1.82, 2.24) is 5.32 Å². The molecule has 2 heterocycles. The molecule has 2 fully saturated rings. The Morgan fingerprint density at radius 2 is 1.45 bits per heavy atom. The van der Waals surface area contributed by atoms with Gasteiger partial charge in [-0.25, -0.2) is 0 Å². The van der Waals surface area contributed by atoms with E-state index < -0.39 is 0 Å². The molecule has 110 valence electrons. The van der Waals surface area contributed by atoms with Gasteiger partial charge >= 0.3 is 0 Å². The molecule has 20 heavy (non-hydrogen) atoms. The second-order valence-corrected chi connectivity index (χ2v) is 5.75. The van der Waals surface area contributed by atoms with Crippen LogP contribution in [0, 0.1) is 0 Å². The second-order valence-electron chi connectivity index (χ2n) is 5.75. The van der Waals surface area contributed by atoms with Crippen molar-refractivity contribution in [2.75, 3.05) is 14.2 Å². The SMILES string of the molecule is COc1cc(OC)cc(OC2CC3CCCC(C2)N3)c1. The van der Waals surface area contributed by atoms with E-state index in [1.807, 2.05) is 18.2 Å². The molecule has 2 aliphatic heterocycles. The van der Waals surface area contributed by atoms with Gasteiger partial charge in [0.1, 0.15) is 23.4 Å². The Hall–Kier alpha value is -1.42. The Balaban J connectivity index is 1.70. The molecule has 0 radical (unpaired) electrons. The van der Waals surface area contributed by atoms with Crippen LogP contribution in [-0.4, -0.2) is 32.4 Å². The van der Waals surface area contributed by atoms with Crippen molar-refractivity contribution < 1.29 is 14.2 Å². The summed E-state index contributed by atoms with van der Waals surface area (Å²) in [4.78, 5) is 0. The van der Waals surface area contributed by atoms with Crippen LogP contribution in [0.3, 0.4) is 0 Å². The van der Waals surface area contributed by atoms with Crippen LogP contribution in [0.15, 0.2) is 18.2 Å². The first kappa shape index (κ1) is 13.6. The maximum Gasteiger partial charge on any atom is 0.127 e. The quantitative estimate of drug-likeness (QED) is 0.918. The van der Waals surface area contributed by atoms with Gasteiger partial charge in [-0.1, -0.05) is 6.42 Å². The zero-order chi connectivity index (χ0) is 13.9. The zero-order valence-corrected chi connectivity index (χ0v) is 12.2. The molecule has 0 spiro atoms. The predicted molar refractivity (Wildman–Crippen MR) is 77.8 cm³/mol. The molecule has 3 rings (SSSR count). The first-order valence-corrected chi connectivity index (χ1v) is 7.42. The molecule has 2 atom stereocenters. The van der Waals surface area contributed by atoms with E-state index in [-0.39, 0.29) is 0 Å². The van der Waals surface area contributed by atoms with Gasteiger partial charge in [-0.15, -0.1) is 0 Å². The molecule has 4 nitrogen and oxygen atoms in total. The topological polar surface area (TPSA) is 39.7 Å². The number of ether oxygens (including phenoxy) is 3. The molecule has 0 aromatic heterocycles. The summed E-state index contributed by atoms with van der Waals surface area (Å²) in [6, 6.07) is 6.98. The maximum absolute atomic E-state index is 6.18. The Morgan fingerprint density at radius 1 is 0.900 bits per heavy atom. The molecular weight excluding hydrogens is 254 g/mol. The summed E-state index contributed by atoms with van der Waals surface area (Å²) in [6.45, 7) is 0. The number of hydrogen-bond donors (Lipinski definition) is 1. The predicted octanol–water partition coefficient (Wildman–Crippen LogP) is 2.76. The highest BCUT2D eigenvalue weighted by Gasteiger charge is 2.32. The number of benzene rings is 1. The van der Waals surface area contributed by atoms with E-state index in [1.165, 1.54) is 19.3 Å². The molecule has 2 saturated heterocycles. The standard InChI is InChI=1S/C16H23NO3/c1-18-13-8-14(19-2)10-16(9-13)20-15-6-11-4-3-5-12(7-15)17-11/h8-12,15,17H,3-7H2,1-2H3. The molecule has 2 unspecified atom stereocenters. The fourth-order valence-corrected chi connectivity index (χ4v) is 3.35. The Kier molecular flexibility index (Phi) is 4.01. The van der Waals surface area contributed by atoms with Crippen LogP contribution in [0.5, 0.6) is 17.2 Å². The first-order valence-electron chi connectivity index (χ1n) is 7.42. The van der Waals surface area contributed by atoms with E-state index >= 15 is 0 Å². The highest BCUT2D eigenvalue weighted by molar-refractivity contribution is 5.42. The van der Waals surface area contributed by atoms with E-state index in [2.05, 4.69) is 5.32 Å². The number of methoxy groups -OCH3 is 2. The van der Waals surface area contributed by atoms with Gasteiger partial charge in [0.25, 0.3) is 0 Å². The van der Waals surface area contributed by atoms with Crippen molar-refractivity contribution in [3.05, 3.63) is 18.2 Å². The van der Waals surface area contributed by atoms with Crippen molar-refractivity contribution >= 4 is 0 Å². The molecular formula is C16H23NO3. The summed E-state index contributed by atoms with van der Waals surface area (Å²) in [6.07, 6.45) is 6.38. The van der Waals surface area contributed by atoms with Crippen LogP contribution in [0.2, 0.25) is 0 Å². The lowest BCUT2D eigenvalue weighted by Crippen LogP contribution is -2.51. The van der Waals surface area contributed by atoms with E-state index in [0.717, 1.165) is 30.1 Å². The second kappa shape index (κ2) is 5.92. The Morgan fingerprint density at radius 3 is 2.00 bits per heavy atom. The van der Waals surface area contributed by atoms with Crippen LogP contribution in [0.25, 0.3) is 0 Å². The van der Waals surface area contributed by atoms with Crippen molar-refractivity contribution in [2.45, 2.75) is 50.3 Å². The fraction of sp³-hybridized carbons (Fsp3) is 0.625. The lowest BCUT2D eigenvalue weighted by Gasteiger charge is -2.40. The monoisotopic (exact) mass is 277 g/mol. The molecule has 2 bridgehead atoms. The summed E-state index contributed by atoms with van der Waals surface area (Å²) in [5.41, 5.74) is 0. The molecule has 1 aromatic carbocycles. The lowest BCUT2D eigenvalue weighted by molar-refractivity contribution is 0.0923. The number of nitrogens with one attached hydrogen (secondary N) is 1. The molecule has 4 heteroatoms. The van der Waals surface area contributed by atoms with Gasteiger partial charge < -0.3 is 19.5 Å². The van der Waals surface area contributed by atoms with Gasteiger partial charge in [0, 0.05) is 30.3 Å². The van der Waals surface area contributed by atoms with Crippen molar-refractivity contribution in [1.29, 1.82) is 0 Å². The smallest absolute Gasteiger partial charge is 0.127 e. The molecule has 0 saturated carbocycles. The van der Waals surface area contributed by atoms with Crippen molar-refractivity contribution in [3.63, 3.8) is 0 Å². The van der Waals surface area contributed by atoms with Gasteiger partial charge in [-0.05, 0) is 25.7 Å². The van der Waals surface area contributed by atoms with Crippen molar-refractivity contribution in [3.8, 4) is 17.2 Å². The van der Waals surface area contributed by atoms with Gasteiger partial charge in [-0.3, -0.25) is 0 Å². The number of fused-ring (bicyclic) bond motifs is 2. The summed E-state index contributed by atoms with van der Waals surface area (Å²) < 4.78 is 16.8. The first-order chi connectivity index (χ1) is 9.76. The molecule has 0 aliphatic carbocycles. The fourth-order valence-electron chi connectivity index (χ4n) is 3.35. The Bertz CT molecular complexity index is 429. The third-order valence-electron chi connectivity index (χ3n) is 4.30. The van der Waals surface area contributed by atoms with Crippen LogP contribution >= 0.6 is 0 Å². The van der Waals surface area contributed by atoms with Crippen molar-refractivity contribution in [2.24, 2.45) is 0 Å². The van der Waals surface area contributed by atoms with E-state index in [1.54, 1.807) is 14.2 Å². The van der Waals surface area contributed by atoms with E-state index in [0.29, 0.717) is 18.2 Å².